The summed E-state index contributed by atoms with van der Waals surface area (Å²) in [4.78, 5) is 38.4. The molecule has 0 fully saturated rings. The maximum atomic E-state index is 12.2. The number of amides is 1. The fourth-order valence-electron chi connectivity index (χ4n) is 2.38. The molecule has 3 rings (SSSR count). The number of nitro groups is 1. The van der Waals surface area contributed by atoms with Gasteiger partial charge in [-0.3, -0.25) is 19.9 Å². The van der Waals surface area contributed by atoms with Crippen molar-refractivity contribution in [2.24, 2.45) is 5.10 Å². The molecule has 0 spiro atoms. The number of esters is 1. The molecule has 1 aromatic heterocycles. The first-order valence-electron chi connectivity index (χ1n) is 8.75. The van der Waals surface area contributed by atoms with Gasteiger partial charge in [0.1, 0.15) is 5.75 Å². The topological polar surface area (TPSA) is 124 Å². The number of nitro benzene ring substituents is 1. The summed E-state index contributed by atoms with van der Waals surface area (Å²) < 4.78 is 5.28. The van der Waals surface area contributed by atoms with Crippen molar-refractivity contribution in [3.8, 4) is 5.75 Å². The fourth-order valence-corrected chi connectivity index (χ4v) is 2.38. The molecule has 2 aromatic carbocycles. The van der Waals surface area contributed by atoms with Crippen LogP contribution in [0.25, 0.3) is 0 Å². The number of aromatic nitrogens is 1. The van der Waals surface area contributed by atoms with Crippen LogP contribution in [0.1, 0.15) is 32.0 Å². The molecule has 9 nitrogen and oxygen atoms in total. The quantitative estimate of drug-likeness (QED) is 0.221. The van der Waals surface area contributed by atoms with Crippen molar-refractivity contribution >= 4 is 23.8 Å². The highest BCUT2D eigenvalue weighted by Crippen LogP contribution is 2.16. The molecule has 1 N–H and O–H groups in total. The second kappa shape index (κ2) is 9.20. The third-order valence-electron chi connectivity index (χ3n) is 3.94. The lowest BCUT2D eigenvalue weighted by atomic mass is 10.2. The number of non-ortho nitro benzene ring substituents is 1. The predicted octanol–water partition coefficient (Wildman–Crippen LogP) is 3.28. The van der Waals surface area contributed by atoms with Gasteiger partial charge in [0.05, 0.1) is 22.3 Å². The highest BCUT2D eigenvalue weighted by molar-refractivity contribution is 5.94. The van der Waals surface area contributed by atoms with Gasteiger partial charge >= 0.3 is 5.97 Å². The molecule has 0 atom stereocenters. The highest BCUT2D eigenvalue weighted by atomic mass is 16.6. The first-order valence-corrected chi connectivity index (χ1v) is 8.75. The normalized spacial score (nSPS) is 10.6. The van der Waals surface area contributed by atoms with Gasteiger partial charge in [0, 0.05) is 24.0 Å². The number of hydrogen-bond acceptors (Lipinski definition) is 7. The summed E-state index contributed by atoms with van der Waals surface area (Å²) >= 11 is 0. The highest BCUT2D eigenvalue weighted by Gasteiger charge is 2.11. The van der Waals surface area contributed by atoms with E-state index in [2.05, 4.69) is 15.5 Å². The number of hydrazone groups is 1. The molecule has 0 aliphatic carbocycles. The van der Waals surface area contributed by atoms with Crippen LogP contribution >= 0.6 is 0 Å². The van der Waals surface area contributed by atoms with Crippen molar-refractivity contribution in [3.63, 3.8) is 0 Å². The van der Waals surface area contributed by atoms with Gasteiger partial charge in [-0.05, 0) is 48.9 Å². The lowest BCUT2D eigenvalue weighted by Gasteiger charge is -2.05. The van der Waals surface area contributed by atoms with Crippen molar-refractivity contribution in [1.29, 1.82) is 0 Å². The fraction of sp³-hybridized carbons (Fsp3) is 0.0476. The van der Waals surface area contributed by atoms with Gasteiger partial charge in [0.25, 0.3) is 11.6 Å². The van der Waals surface area contributed by atoms with E-state index in [0.717, 1.165) is 5.69 Å². The third kappa shape index (κ3) is 5.32. The molecule has 3 aromatic rings. The number of nitrogens with zero attached hydrogens (tertiary/aromatic N) is 3. The lowest BCUT2D eigenvalue weighted by molar-refractivity contribution is -0.384. The number of carbonyl (C=O) groups is 2. The second-order valence-corrected chi connectivity index (χ2v) is 6.15. The lowest BCUT2D eigenvalue weighted by Crippen LogP contribution is -2.17. The van der Waals surface area contributed by atoms with E-state index in [4.69, 9.17) is 4.74 Å². The number of aryl methyl sites for hydroxylation is 1. The molecule has 0 unspecified atom stereocenters. The van der Waals surface area contributed by atoms with E-state index in [1.54, 1.807) is 36.4 Å². The van der Waals surface area contributed by atoms with Crippen LogP contribution in [-0.2, 0) is 0 Å². The Hall–Kier alpha value is -4.40. The summed E-state index contributed by atoms with van der Waals surface area (Å²) in [6, 6.07) is 15.0. The smallest absolute Gasteiger partial charge is 0.343 e. The summed E-state index contributed by atoms with van der Waals surface area (Å²) in [5.74, 6) is -0.796. The van der Waals surface area contributed by atoms with Crippen LogP contribution in [0.15, 0.2) is 72.0 Å². The van der Waals surface area contributed by atoms with Gasteiger partial charge in [-0.15, -0.1) is 0 Å². The Labute approximate surface area is 171 Å². The Morgan fingerprint density at radius 1 is 1.10 bits per heavy atom. The third-order valence-corrected chi connectivity index (χ3v) is 3.94. The van der Waals surface area contributed by atoms with Gasteiger partial charge in [0.2, 0.25) is 0 Å². The molecular formula is C21H16N4O5. The number of ether oxygens (including phenoxy) is 1. The van der Waals surface area contributed by atoms with Gasteiger partial charge in [-0.1, -0.05) is 12.1 Å². The number of rotatable bonds is 6. The van der Waals surface area contributed by atoms with Crippen LogP contribution < -0.4 is 10.2 Å². The SMILES string of the molecule is Cc1ccc(C(=O)N/N=C\c2cccc(OC(=O)c3ccc([N+](=O)[O-])cc3)c2)cn1. The standard InChI is InChI=1S/C21H16N4O5/c1-14-5-6-17(13-22-14)20(26)24-23-12-15-3-2-4-19(11-15)30-21(27)16-7-9-18(10-8-16)25(28)29/h2-13H,1H3,(H,24,26)/b23-12-. The van der Waals surface area contributed by atoms with E-state index in [0.29, 0.717) is 11.1 Å². The van der Waals surface area contributed by atoms with Crippen molar-refractivity contribution in [2.75, 3.05) is 0 Å². The summed E-state index contributed by atoms with van der Waals surface area (Å²) in [7, 11) is 0. The van der Waals surface area contributed by atoms with Crippen molar-refractivity contribution < 1.29 is 19.2 Å². The van der Waals surface area contributed by atoms with E-state index in [1.807, 2.05) is 6.92 Å². The van der Waals surface area contributed by atoms with Gasteiger partial charge < -0.3 is 4.74 Å². The van der Waals surface area contributed by atoms with Crippen LogP contribution in [0.4, 0.5) is 5.69 Å². The Kier molecular flexibility index (Phi) is 6.23. The molecule has 0 aliphatic heterocycles. The average molecular weight is 404 g/mol. The molecular weight excluding hydrogens is 388 g/mol. The summed E-state index contributed by atoms with van der Waals surface area (Å²) in [5.41, 5.74) is 4.23. The summed E-state index contributed by atoms with van der Waals surface area (Å²) in [5, 5.41) is 14.6. The van der Waals surface area contributed by atoms with Crippen LogP contribution in [0.2, 0.25) is 0 Å². The van der Waals surface area contributed by atoms with Gasteiger partial charge in [0.15, 0.2) is 0 Å². The zero-order chi connectivity index (χ0) is 21.5. The number of benzene rings is 2. The Bertz CT molecular complexity index is 1110. The number of pyridine rings is 1. The maximum absolute atomic E-state index is 12.2. The monoisotopic (exact) mass is 404 g/mol. The Morgan fingerprint density at radius 2 is 1.83 bits per heavy atom. The molecule has 0 saturated heterocycles. The molecule has 9 heteroatoms. The molecule has 1 amide bonds. The molecule has 0 bridgehead atoms. The minimum atomic E-state index is -0.654. The van der Waals surface area contributed by atoms with E-state index in [-0.39, 0.29) is 17.0 Å². The van der Waals surface area contributed by atoms with Crippen LogP contribution in [0, 0.1) is 17.0 Å². The summed E-state index contributed by atoms with van der Waals surface area (Å²) in [6.45, 7) is 1.82. The largest absolute Gasteiger partial charge is 0.423 e. The molecule has 0 aliphatic rings. The zero-order valence-corrected chi connectivity index (χ0v) is 15.8. The van der Waals surface area contributed by atoms with Crippen molar-refractivity contribution in [2.45, 2.75) is 6.92 Å². The number of carbonyl (C=O) groups excluding carboxylic acids is 2. The first kappa shape index (κ1) is 20.3. The maximum Gasteiger partial charge on any atom is 0.343 e. The Balaban J connectivity index is 1.61. The molecule has 1 heterocycles. The average Bonchev–Trinajstić information content (AvgIpc) is 2.74. The Morgan fingerprint density at radius 3 is 2.50 bits per heavy atom. The minimum absolute atomic E-state index is 0.117. The van der Waals surface area contributed by atoms with Gasteiger partial charge in [-0.2, -0.15) is 5.10 Å². The van der Waals surface area contributed by atoms with E-state index in [9.17, 15) is 19.7 Å². The van der Waals surface area contributed by atoms with Crippen LogP contribution in [0.3, 0.4) is 0 Å². The molecule has 0 radical (unpaired) electrons. The molecule has 150 valence electrons. The number of nitrogens with one attached hydrogen (secondary N) is 1. The van der Waals surface area contributed by atoms with E-state index < -0.39 is 16.8 Å². The molecule has 0 saturated carbocycles. The van der Waals surface area contributed by atoms with Crippen LogP contribution in [-0.4, -0.2) is 28.0 Å². The van der Waals surface area contributed by atoms with E-state index >= 15 is 0 Å². The first-order chi connectivity index (χ1) is 14.4. The molecule has 30 heavy (non-hydrogen) atoms. The number of hydrogen-bond donors (Lipinski definition) is 1. The summed E-state index contributed by atoms with van der Waals surface area (Å²) in [6.07, 6.45) is 2.86. The van der Waals surface area contributed by atoms with Crippen molar-refractivity contribution in [3.05, 3.63) is 99.4 Å². The zero-order valence-electron chi connectivity index (χ0n) is 15.8. The van der Waals surface area contributed by atoms with Crippen LogP contribution in [0.5, 0.6) is 5.75 Å². The minimum Gasteiger partial charge on any atom is -0.423 e. The predicted molar refractivity (Wildman–Crippen MR) is 109 cm³/mol. The van der Waals surface area contributed by atoms with Crippen molar-refractivity contribution in [1.82, 2.24) is 10.4 Å². The van der Waals surface area contributed by atoms with E-state index in [1.165, 1.54) is 36.7 Å². The second-order valence-electron chi connectivity index (χ2n) is 6.15. The van der Waals surface area contributed by atoms with Gasteiger partial charge in [-0.25, -0.2) is 10.2 Å².